The molecule has 2 heterocycles. The molecule has 6 nitrogen and oxygen atoms in total. The van der Waals surface area contributed by atoms with Gasteiger partial charge in [-0.1, -0.05) is 36.4 Å². The van der Waals surface area contributed by atoms with E-state index in [1.807, 2.05) is 32.0 Å². The number of carbonyl (C=O) groups excluding carboxylic acids is 2. The van der Waals surface area contributed by atoms with E-state index in [1.165, 1.54) is 22.3 Å². The summed E-state index contributed by atoms with van der Waals surface area (Å²) in [6, 6.07) is 12.4. The summed E-state index contributed by atoms with van der Waals surface area (Å²) in [4.78, 5) is 22.8. The molecule has 2 aromatic rings. The van der Waals surface area contributed by atoms with Gasteiger partial charge in [0.1, 0.15) is 0 Å². The maximum absolute atomic E-state index is 11.5. The minimum atomic E-state index is -0.142. The van der Waals surface area contributed by atoms with Gasteiger partial charge in [-0.3, -0.25) is 9.59 Å². The van der Waals surface area contributed by atoms with Gasteiger partial charge in [-0.2, -0.15) is 0 Å². The van der Waals surface area contributed by atoms with E-state index < -0.39 is 0 Å². The Labute approximate surface area is 190 Å². The van der Waals surface area contributed by atoms with Crippen molar-refractivity contribution in [3.8, 4) is 0 Å². The molecule has 0 aromatic heterocycles. The molecule has 0 fully saturated rings. The average Bonchev–Trinajstić information content (AvgIpc) is 2.80. The van der Waals surface area contributed by atoms with E-state index in [-0.39, 0.29) is 11.9 Å². The molecule has 2 N–H and O–H groups in total. The van der Waals surface area contributed by atoms with E-state index >= 15 is 0 Å². The Morgan fingerprint density at radius 1 is 0.812 bits per heavy atom. The molecule has 0 atom stereocenters. The first-order valence-corrected chi connectivity index (χ1v) is 11.5. The zero-order valence-corrected chi connectivity index (χ0v) is 19.2. The van der Waals surface area contributed by atoms with Gasteiger partial charge < -0.3 is 20.1 Å². The lowest BCUT2D eigenvalue weighted by Gasteiger charge is -2.20. The van der Waals surface area contributed by atoms with E-state index in [9.17, 15) is 9.59 Å². The first-order chi connectivity index (χ1) is 15.6. The van der Waals surface area contributed by atoms with Crippen LogP contribution in [-0.2, 0) is 57.8 Å². The van der Waals surface area contributed by atoms with Gasteiger partial charge in [0, 0.05) is 13.1 Å². The monoisotopic (exact) mass is 438 g/mol. The Hall–Kier alpha value is -2.70. The third-order valence-corrected chi connectivity index (χ3v) is 5.69. The Balaban J connectivity index is 0.000000181. The molecule has 0 bridgehead atoms. The Morgan fingerprint density at radius 3 is 2.25 bits per heavy atom. The van der Waals surface area contributed by atoms with Gasteiger partial charge in [0.25, 0.3) is 0 Å². The molecule has 2 aliphatic heterocycles. The molecular formula is C26H34N2O4. The molecule has 2 aromatic carbocycles. The fourth-order valence-corrected chi connectivity index (χ4v) is 4.14. The molecule has 0 saturated carbocycles. The number of fused-ring (bicyclic) bond motifs is 2. The number of esters is 2. The quantitative estimate of drug-likeness (QED) is 0.676. The first-order valence-electron chi connectivity index (χ1n) is 11.5. The van der Waals surface area contributed by atoms with E-state index in [0.717, 1.165) is 50.1 Å². The van der Waals surface area contributed by atoms with Crippen LogP contribution in [0.3, 0.4) is 0 Å². The van der Waals surface area contributed by atoms with Crippen LogP contribution in [0.1, 0.15) is 47.2 Å². The van der Waals surface area contributed by atoms with Crippen molar-refractivity contribution < 1.29 is 19.1 Å². The molecule has 0 amide bonds. The van der Waals surface area contributed by atoms with Crippen LogP contribution in [0.4, 0.5) is 0 Å². The third-order valence-electron chi connectivity index (χ3n) is 5.69. The number of hydrogen-bond donors (Lipinski definition) is 2. The highest BCUT2D eigenvalue weighted by Crippen LogP contribution is 2.19. The summed E-state index contributed by atoms with van der Waals surface area (Å²) in [6.45, 7) is 8.42. The molecule has 0 radical (unpaired) electrons. The summed E-state index contributed by atoms with van der Waals surface area (Å²) in [7, 11) is 0. The largest absolute Gasteiger partial charge is 0.466 e. The number of nitrogens with one attached hydrogen (secondary N) is 2. The summed E-state index contributed by atoms with van der Waals surface area (Å²) >= 11 is 0. The minimum Gasteiger partial charge on any atom is -0.466 e. The second kappa shape index (κ2) is 12.4. The Morgan fingerprint density at radius 2 is 1.50 bits per heavy atom. The van der Waals surface area contributed by atoms with Gasteiger partial charge in [-0.25, -0.2) is 0 Å². The lowest BCUT2D eigenvalue weighted by molar-refractivity contribution is -0.143. The number of rotatable bonds is 6. The van der Waals surface area contributed by atoms with Gasteiger partial charge in [0.15, 0.2) is 0 Å². The maximum atomic E-state index is 11.5. The van der Waals surface area contributed by atoms with Crippen LogP contribution in [0, 0.1) is 0 Å². The van der Waals surface area contributed by atoms with Crippen LogP contribution in [0.2, 0.25) is 0 Å². The molecule has 172 valence electrons. The van der Waals surface area contributed by atoms with Gasteiger partial charge >= 0.3 is 11.9 Å². The minimum absolute atomic E-state index is 0.138. The predicted molar refractivity (Wildman–Crippen MR) is 124 cm³/mol. The highest BCUT2D eigenvalue weighted by atomic mass is 16.5. The highest BCUT2D eigenvalue weighted by molar-refractivity contribution is 5.73. The Kier molecular flexibility index (Phi) is 9.26. The molecule has 0 spiro atoms. The van der Waals surface area contributed by atoms with Crippen molar-refractivity contribution in [2.75, 3.05) is 26.3 Å². The summed E-state index contributed by atoms with van der Waals surface area (Å²) in [6.07, 6.45) is 2.87. The normalized spacial score (nSPS) is 14.3. The smallest absolute Gasteiger partial charge is 0.310 e. The van der Waals surface area contributed by atoms with Gasteiger partial charge in [-0.15, -0.1) is 0 Å². The van der Waals surface area contributed by atoms with Crippen molar-refractivity contribution in [1.82, 2.24) is 10.6 Å². The number of hydrogen-bond acceptors (Lipinski definition) is 6. The van der Waals surface area contributed by atoms with E-state index in [1.54, 1.807) is 0 Å². The molecule has 32 heavy (non-hydrogen) atoms. The van der Waals surface area contributed by atoms with E-state index in [2.05, 4.69) is 28.8 Å². The van der Waals surface area contributed by atoms with Gasteiger partial charge in [0.2, 0.25) is 0 Å². The molecule has 4 rings (SSSR count). The van der Waals surface area contributed by atoms with Crippen molar-refractivity contribution in [3.05, 3.63) is 69.8 Å². The molecule has 0 saturated heterocycles. The molecule has 6 heteroatoms. The molecule has 0 unspecified atom stereocenters. The predicted octanol–water partition coefficient (Wildman–Crippen LogP) is 2.88. The summed E-state index contributed by atoms with van der Waals surface area (Å²) in [5.74, 6) is -0.280. The fourth-order valence-electron chi connectivity index (χ4n) is 4.14. The topological polar surface area (TPSA) is 76.7 Å². The van der Waals surface area contributed by atoms with E-state index in [4.69, 9.17) is 9.47 Å². The van der Waals surface area contributed by atoms with Crippen LogP contribution in [0.5, 0.6) is 0 Å². The van der Waals surface area contributed by atoms with Crippen LogP contribution in [-0.4, -0.2) is 38.2 Å². The van der Waals surface area contributed by atoms with Gasteiger partial charge in [-0.05, 0) is 73.2 Å². The Bertz CT molecular complexity index is 924. The van der Waals surface area contributed by atoms with E-state index in [0.29, 0.717) is 26.1 Å². The van der Waals surface area contributed by atoms with Crippen molar-refractivity contribution in [2.24, 2.45) is 0 Å². The number of benzene rings is 2. The maximum Gasteiger partial charge on any atom is 0.310 e. The van der Waals surface area contributed by atoms with Crippen LogP contribution < -0.4 is 10.6 Å². The van der Waals surface area contributed by atoms with Crippen molar-refractivity contribution in [1.29, 1.82) is 0 Å². The third kappa shape index (κ3) is 6.90. The van der Waals surface area contributed by atoms with Crippen molar-refractivity contribution in [3.63, 3.8) is 0 Å². The average molecular weight is 439 g/mol. The SMILES string of the molecule is CCOC(=O)Cc1ccc2c(c1)CCNC2.CCOC(=O)Cc1cccc2c1CNCC2. The standard InChI is InChI=1S/2C13H17NO2/c1-2-16-13(15)8-10-3-4-12-9-14-6-5-11(12)7-10;1-2-16-13(15)8-11-5-3-4-10-6-7-14-9-12(10)11/h3-4,7,14H,2,5-6,8-9H2,1H3;3-5,14H,2,6-9H2,1H3. The zero-order valence-electron chi connectivity index (χ0n) is 19.2. The number of ether oxygens (including phenoxy) is 2. The molecule has 2 aliphatic rings. The van der Waals surface area contributed by atoms with Crippen LogP contribution >= 0.6 is 0 Å². The van der Waals surface area contributed by atoms with Gasteiger partial charge in [0.05, 0.1) is 26.1 Å². The van der Waals surface area contributed by atoms with Crippen LogP contribution in [0.25, 0.3) is 0 Å². The van der Waals surface area contributed by atoms with Crippen molar-refractivity contribution >= 4 is 11.9 Å². The fraction of sp³-hybridized carbons (Fsp3) is 0.462. The molecule has 0 aliphatic carbocycles. The summed E-state index contributed by atoms with van der Waals surface area (Å²) in [5.41, 5.74) is 7.50. The summed E-state index contributed by atoms with van der Waals surface area (Å²) in [5, 5.41) is 6.66. The lowest BCUT2D eigenvalue weighted by atomic mass is 9.94. The second-order valence-electron chi connectivity index (χ2n) is 7.98. The first kappa shape index (κ1) is 24.0. The second-order valence-corrected chi connectivity index (χ2v) is 7.98. The molecular weight excluding hydrogens is 404 g/mol. The van der Waals surface area contributed by atoms with Crippen LogP contribution in [0.15, 0.2) is 36.4 Å². The lowest BCUT2D eigenvalue weighted by Crippen LogP contribution is -2.25. The number of carbonyl (C=O) groups is 2. The van der Waals surface area contributed by atoms with Crippen molar-refractivity contribution in [2.45, 2.75) is 52.6 Å². The summed E-state index contributed by atoms with van der Waals surface area (Å²) < 4.78 is 9.92. The highest BCUT2D eigenvalue weighted by Gasteiger charge is 2.15. The zero-order chi connectivity index (χ0) is 22.8.